The first kappa shape index (κ1) is 24.4. The number of piperazine rings is 1. The van der Waals surface area contributed by atoms with Gasteiger partial charge < -0.3 is 20.3 Å². The Hall–Kier alpha value is -0.900. The normalized spacial score (nSPS) is 23.6. The summed E-state index contributed by atoms with van der Waals surface area (Å²) in [5, 5.41) is 6.78. The van der Waals surface area contributed by atoms with Crippen molar-refractivity contribution in [2.45, 2.75) is 45.4 Å². The van der Waals surface area contributed by atoms with Crippen LogP contribution in [0.15, 0.2) is 29.3 Å². The molecule has 1 unspecified atom stereocenters. The van der Waals surface area contributed by atoms with E-state index < -0.39 is 0 Å². The minimum absolute atomic E-state index is 0. The molecule has 0 amide bonds. The minimum Gasteiger partial charge on any atom is -0.373 e. The molecule has 29 heavy (non-hydrogen) atoms. The number of benzene rings is 1. The van der Waals surface area contributed by atoms with E-state index in [-0.39, 0.29) is 29.6 Å². The Balaban J connectivity index is 0.00000300. The van der Waals surface area contributed by atoms with Crippen LogP contribution in [0.3, 0.4) is 0 Å². The molecule has 0 aromatic heterocycles. The Morgan fingerprint density at radius 2 is 1.79 bits per heavy atom. The van der Waals surface area contributed by atoms with Gasteiger partial charge in [-0.1, -0.05) is 24.3 Å². The van der Waals surface area contributed by atoms with Crippen molar-refractivity contribution in [1.29, 1.82) is 0 Å². The van der Waals surface area contributed by atoms with Gasteiger partial charge in [0, 0.05) is 52.4 Å². The zero-order valence-corrected chi connectivity index (χ0v) is 20.6. The van der Waals surface area contributed by atoms with Crippen molar-refractivity contribution in [2.24, 2.45) is 4.99 Å². The van der Waals surface area contributed by atoms with Crippen LogP contribution in [0.2, 0.25) is 0 Å². The van der Waals surface area contributed by atoms with Crippen molar-refractivity contribution in [2.75, 3.05) is 52.9 Å². The monoisotopic (exact) mass is 515 g/mol. The summed E-state index contributed by atoms with van der Waals surface area (Å²) in [4.78, 5) is 9.68. The van der Waals surface area contributed by atoms with Crippen molar-refractivity contribution < 1.29 is 4.74 Å². The lowest BCUT2D eigenvalue weighted by Gasteiger charge is -2.32. The molecule has 6 nitrogen and oxygen atoms in total. The molecule has 164 valence electrons. The molecule has 2 saturated heterocycles. The first-order chi connectivity index (χ1) is 13.6. The van der Waals surface area contributed by atoms with E-state index in [1.807, 2.05) is 0 Å². The SMILES string of the molecule is CCNC(=NCc1ccc(CN2CCN(C)CC2)cc1)NCC1(C)CCCO1.I. The predicted molar refractivity (Wildman–Crippen MR) is 131 cm³/mol. The molecule has 0 bridgehead atoms. The number of guanidine groups is 1. The number of hydrogen-bond acceptors (Lipinski definition) is 4. The molecule has 0 saturated carbocycles. The molecule has 2 aliphatic rings. The lowest BCUT2D eigenvalue weighted by atomic mass is 10.0. The van der Waals surface area contributed by atoms with Gasteiger partial charge in [-0.05, 0) is 44.9 Å². The number of halogens is 1. The minimum atomic E-state index is -0.0684. The summed E-state index contributed by atoms with van der Waals surface area (Å²) >= 11 is 0. The number of nitrogens with one attached hydrogen (secondary N) is 2. The fraction of sp³-hybridized carbons (Fsp3) is 0.682. The molecule has 2 aliphatic heterocycles. The Morgan fingerprint density at radius 3 is 2.41 bits per heavy atom. The maximum Gasteiger partial charge on any atom is 0.191 e. The molecule has 1 aromatic carbocycles. The summed E-state index contributed by atoms with van der Waals surface area (Å²) in [6.07, 6.45) is 2.25. The van der Waals surface area contributed by atoms with Crippen molar-refractivity contribution in [3.63, 3.8) is 0 Å². The van der Waals surface area contributed by atoms with Gasteiger partial charge in [-0.25, -0.2) is 4.99 Å². The van der Waals surface area contributed by atoms with Crippen LogP contribution in [0.25, 0.3) is 0 Å². The summed E-state index contributed by atoms with van der Waals surface area (Å²) in [5.41, 5.74) is 2.55. The van der Waals surface area contributed by atoms with Gasteiger partial charge >= 0.3 is 0 Å². The number of ether oxygens (including phenoxy) is 1. The first-order valence-corrected chi connectivity index (χ1v) is 10.7. The molecule has 2 N–H and O–H groups in total. The van der Waals surface area contributed by atoms with Crippen molar-refractivity contribution in [3.8, 4) is 0 Å². The van der Waals surface area contributed by atoms with E-state index in [1.54, 1.807) is 0 Å². The molecule has 0 aliphatic carbocycles. The number of likely N-dealkylation sites (N-methyl/N-ethyl adjacent to an activating group) is 1. The van der Waals surface area contributed by atoms with E-state index in [4.69, 9.17) is 9.73 Å². The second-order valence-corrected chi connectivity index (χ2v) is 8.35. The number of aliphatic imine (C=N–C) groups is 1. The smallest absolute Gasteiger partial charge is 0.191 e. The summed E-state index contributed by atoms with van der Waals surface area (Å²) in [6.45, 7) is 13.2. The molecule has 0 radical (unpaired) electrons. The van der Waals surface area contributed by atoms with Gasteiger partial charge in [-0.15, -0.1) is 24.0 Å². The van der Waals surface area contributed by atoms with Gasteiger partial charge in [0.1, 0.15) is 0 Å². The number of hydrogen-bond donors (Lipinski definition) is 2. The van der Waals surface area contributed by atoms with Gasteiger partial charge in [0.2, 0.25) is 0 Å². The number of nitrogens with zero attached hydrogens (tertiary/aromatic N) is 3. The molecular formula is C22H38IN5O. The van der Waals surface area contributed by atoms with Crippen LogP contribution in [0.4, 0.5) is 0 Å². The van der Waals surface area contributed by atoms with Crippen LogP contribution in [-0.4, -0.2) is 74.3 Å². The summed E-state index contributed by atoms with van der Waals surface area (Å²) in [5.74, 6) is 0.862. The zero-order chi connectivity index (χ0) is 19.8. The Morgan fingerprint density at radius 1 is 1.10 bits per heavy atom. The fourth-order valence-electron chi connectivity index (χ4n) is 3.77. The van der Waals surface area contributed by atoms with Crippen LogP contribution in [0, 0.1) is 0 Å². The second kappa shape index (κ2) is 12.1. The Labute approximate surface area is 193 Å². The van der Waals surface area contributed by atoms with E-state index in [2.05, 4.69) is 65.6 Å². The third-order valence-electron chi connectivity index (χ3n) is 5.72. The summed E-state index contributed by atoms with van der Waals surface area (Å²) < 4.78 is 5.86. The van der Waals surface area contributed by atoms with E-state index in [9.17, 15) is 0 Å². The van der Waals surface area contributed by atoms with Crippen LogP contribution < -0.4 is 10.6 Å². The highest BCUT2D eigenvalue weighted by atomic mass is 127. The maximum absolute atomic E-state index is 5.86. The molecule has 7 heteroatoms. The van der Waals surface area contributed by atoms with E-state index in [0.29, 0.717) is 6.54 Å². The molecule has 3 rings (SSSR count). The van der Waals surface area contributed by atoms with Crippen molar-refractivity contribution >= 4 is 29.9 Å². The van der Waals surface area contributed by atoms with Crippen LogP contribution in [-0.2, 0) is 17.8 Å². The van der Waals surface area contributed by atoms with E-state index in [0.717, 1.165) is 71.2 Å². The van der Waals surface area contributed by atoms with Gasteiger partial charge in [0.25, 0.3) is 0 Å². The van der Waals surface area contributed by atoms with Gasteiger partial charge in [0.15, 0.2) is 5.96 Å². The van der Waals surface area contributed by atoms with Gasteiger partial charge in [-0.2, -0.15) is 0 Å². The highest BCUT2D eigenvalue weighted by molar-refractivity contribution is 14.0. The highest BCUT2D eigenvalue weighted by Gasteiger charge is 2.29. The van der Waals surface area contributed by atoms with Crippen molar-refractivity contribution in [3.05, 3.63) is 35.4 Å². The molecular weight excluding hydrogens is 477 g/mol. The summed E-state index contributed by atoms with van der Waals surface area (Å²) in [6, 6.07) is 8.91. The van der Waals surface area contributed by atoms with Gasteiger partial charge in [-0.3, -0.25) is 4.90 Å². The maximum atomic E-state index is 5.86. The largest absolute Gasteiger partial charge is 0.373 e. The predicted octanol–water partition coefficient (Wildman–Crippen LogP) is 2.68. The fourth-order valence-corrected chi connectivity index (χ4v) is 3.77. The van der Waals surface area contributed by atoms with Crippen LogP contribution in [0.5, 0.6) is 0 Å². The van der Waals surface area contributed by atoms with Crippen LogP contribution in [0.1, 0.15) is 37.8 Å². The Bertz CT molecular complexity index is 623. The van der Waals surface area contributed by atoms with E-state index in [1.165, 1.54) is 11.1 Å². The third-order valence-corrected chi connectivity index (χ3v) is 5.72. The first-order valence-electron chi connectivity index (χ1n) is 10.7. The lowest BCUT2D eigenvalue weighted by Crippen LogP contribution is -2.45. The average Bonchev–Trinajstić information content (AvgIpc) is 3.14. The number of rotatable bonds is 7. The zero-order valence-electron chi connectivity index (χ0n) is 18.2. The Kier molecular flexibility index (Phi) is 10.1. The molecule has 1 atom stereocenters. The quantitative estimate of drug-likeness (QED) is 0.333. The molecule has 2 heterocycles. The van der Waals surface area contributed by atoms with E-state index >= 15 is 0 Å². The molecule has 2 fully saturated rings. The average molecular weight is 515 g/mol. The standard InChI is InChI=1S/C22H37N5O.HI/c1-4-23-21(25-18-22(2)10-5-15-28-22)24-16-19-6-8-20(9-7-19)17-27-13-11-26(3)12-14-27;/h6-9H,4-5,10-18H2,1-3H3,(H2,23,24,25);1H. The molecule has 0 spiro atoms. The topological polar surface area (TPSA) is 52.1 Å². The highest BCUT2D eigenvalue weighted by Crippen LogP contribution is 2.23. The van der Waals surface area contributed by atoms with Gasteiger partial charge in [0.05, 0.1) is 12.1 Å². The second-order valence-electron chi connectivity index (χ2n) is 8.35. The van der Waals surface area contributed by atoms with Crippen LogP contribution >= 0.6 is 24.0 Å². The van der Waals surface area contributed by atoms with Crippen molar-refractivity contribution in [1.82, 2.24) is 20.4 Å². The molecule has 1 aromatic rings. The lowest BCUT2D eigenvalue weighted by molar-refractivity contribution is 0.0243. The summed E-state index contributed by atoms with van der Waals surface area (Å²) in [7, 11) is 2.20. The third kappa shape index (κ3) is 8.03.